The summed E-state index contributed by atoms with van der Waals surface area (Å²) in [5.41, 5.74) is 3.57. The Morgan fingerprint density at radius 2 is 1.20 bits per heavy atom. The highest BCUT2D eigenvalue weighted by Gasteiger charge is 2.04. The van der Waals surface area contributed by atoms with E-state index in [9.17, 15) is 4.79 Å². The van der Waals surface area contributed by atoms with Gasteiger partial charge < -0.3 is 4.84 Å². The van der Waals surface area contributed by atoms with Crippen LogP contribution in [0.3, 0.4) is 0 Å². The zero-order valence-electron chi connectivity index (χ0n) is 13.6. The Balaban J connectivity index is 1.57. The van der Waals surface area contributed by atoms with Gasteiger partial charge in [-0.1, -0.05) is 90.1 Å². The van der Waals surface area contributed by atoms with E-state index in [2.05, 4.69) is 23.4 Å². The fraction of sp³-hybridized carbons (Fsp3) is 0. The van der Waals surface area contributed by atoms with Crippen LogP contribution in [0.1, 0.15) is 27.0 Å². The van der Waals surface area contributed by atoms with Gasteiger partial charge in [0.25, 0.3) is 0 Å². The van der Waals surface area contributed by atoms with Crippen molar-refractivity contribution in [2.24, 2.45) is 5.16 Å². The van der Waals surface area contributed by atoms with Crippen molar-refractivity contribution in [3.8, 4) is 0 Å². The molecule has 3 aromatic rings. The summed E-state index contributed by atoms with van der Waals surface area (Å²) in [4.78, 5) is 16.6. The molecular weight excluding hydrogens is 310 g/mol. The molecule has 3 nitrogen and oxygen atoms in total. The summed E-state index contributed by atoms with van der Waals surface area (Å²) in [6.45, 7) is 0. The van der Waals surface area contributed by atoms with Gasteiger partial charge in [0.2, 0.25) is 0 Å². The van der Waals surface area contributed by atoms with Crippen LogP contribution in [0.4, 0.5) is 0 Å². The third kappa shape index (κ3) is 5.01. The fourth-order valence-corrected chi connectivity index (χ4v) is 2.21. The van der Waals surface area contributed by atoms with E-state index in [1.165, 1.54) is 6.21 Å². The van der Waals surface area contributed by atoms with Crippen molar-refractivity contribution >= 4 is 24.3 Å². The summed E-state index contributed by atoms with van der Waals surface area (Å²) in [6, 6.07) is 26.7. The van der Waals surface area contributed by atoms with E-state index < -0.39 is 5.97 Å². The predicted octanol–water partition coefficient (Wildman–Crippen LogP) is 5.05. The van der Waals surface area contributed by atoms with Crippen LogP contribution in [0.15, 0.2) is 90.1 Å². The van der Waals surface area contributed by atoms with Crippen molar-refractivity contribution in [2.75, 3.05) is 0 Å². The molecule has 0 aliphatic carbocycles. The highest BCUT2D eigenvalue weighted by molar-refractivity contribution is 5.90. The third-order valence-electron chi connectivity index (χ3n) is 3.55. The maximum atomic E-state index is 11.8. The molecular formula is C22H17NO2. The van der Waals surface area contributed by atoms with Gasteiger partial charge in [0.1, 0.15) is 0 Å². The molecule has 0 amide bonds. The molecule has 0 atom stereocenters. The van der Waals surface area contributed by atoms with Crippen LogP contribution in [0.2, 0.25) is 0 Å². The minimum absolute atomic E-state index is 0.473. The van der Waals surface area contributed by atoms with Gasteiger partial charge in [-0.15, -0.1) is 0 Å². The van der Waals surface area contributed by atoms with Gasteiger partial charge in [0, 0.05) is 0 Å². The van der Waals surface area contributed by atoms with E-state index >= 15 is 0 Å². The summed E-state index contributed by atoms with van der Waals surface area (Å²) in [7, 11) is 0. The molecule has 0 aliphatic rings. The van der Waals surface area contributed by atoms with Gasteiger partial charge in [0.15, 0.2) is 0 Å². The zero-order chi connectivity index (χ0) is 17.3. The molecule has 0 fully saturated rings. The van der Waals surface area contributed by atoms with Gasteiger partial charge in [0.05, 0.1) is 11.8 Å². The lowest BCUT2D eigenvalue weighted by molar-refractivity contribution is 0.0519. The molecule has 0 radical (unpaired) electrons. The first-order valence-electron chi connectivity index (χ1n) is 7.94. The Morgan fingerprint density at radius 1 is 0.680 bits per heavy atom. The number of benzene rings is 3. The minimum Gasteiger partial charge on any atom is -0.313 e. The largest absolute Gasteiger partial charge is 0.365 e. The van der Waals surface area contributed by atoms with Crippen molar-refractivity contribution in [3.05, 3.63) is 107 Å². The molecule has 0 aliphatic heterocycles. The Morgan fingerprint density at radius 3 is 1.84 bits per heavy atom. The molecule has 3 rings (SSSR count). The number of hydrogen-bond acceptors (Lipinski definition) is 3. The monoisotopic (exact) mass is 327 g/mol. The summed E-state index contributed by atoms with van der Waals surface area (Å²) in [6.07, 6.45) is 5.63. The molecule has 25 heavy (non-hydrogen) atoms. The topological polar surface area (TPSA) is 38.7 Å². The Labute approximate surface area is 146 Å². The van der Waals surface area contributed by atoms with Crippen LogP contribution in [0.25, 0.3) is 12.2 Å². The van der Waals surface area contributed by atoms with Crippen molar-refractivity contribution in [1.82, 2.24) is 0 Å². The minimum atomic E-state index is -0.473. The van der Waals surface area contributed by atoms with Gasteiger partial charge in [-0.05, 0) is 28.8 Å². The van der Waals surface area contributed by atoms with Crippen LogP contribution in [0, 0.1) is 0 Å². The Bertz CT molecular complexity index is 867. The summed E-state index contributed by atoms with van der Waals surface area (Å²) >= 11 is 0. The highest BCUT2D eigenvalue weighted by Crippen LogP contribution is 2.09. The van der Waals surface area contributed by atoms with E-state index in [0.29, 0.717) is 5.56 Å². The van der Waals surface area contributed by atoms with Gasteiger partial charge in [-0.25, -0.2) is 4.79 Å². The first-order valence-corrected chi connectivity index (χ1v) is 7.94. The van der Waals surface area contributed by atoms with E-state index in [1.807, 2.05) is 54.6 Å². The van der Waals surface area contributed by atoms with E-state index in [0.717, 1.165) is 16.7 Å². The molecule has 3 aromatic carbocycles. The molecule has 0 aromatic heterocycles. The lowest BCUT2D eigenvalue weighted by Gasteiger charge is -1.98. The number of carbonyl (C=O) groups excluding carboxylic acids is 1. The zero-order valence-corrected chi connectivity index (χ0v) is 13.6. The third-order valence-corrected chi connectivity index (χ3v) is 3.55. The normalized spacial score (nSPS) is 11.0. The molecule has 0 unspecified atom stereocenters. The summed E-state index contributed by atoms with van der Waals surface area (Å²) < 4.78 is 0. The van der Waals surface area contributed by atoms with E-state index in [1.54, 1.807) is 24.3 Å². The first-order chi connectivity index (χ1) is 12.3. The van der Waals surface area contributed by atoms with Crippen molar-refractivity contribution in [2.45, 2.75) is 0 Å². The van der Waals surface area contributed by atoms with Crippen molar-refractivity contribution in [3.63, 3.8) is 0 Å². The standard InChI is InChI=1S/C22H17NO2/c24-22(21-9-5-2-6-10-21)25-23-17-20-15-13-19(14-16-20)12-11-18-7-3-1-4-8-18/h1-17H/b12-11+,23-17+. The summed E-state index contributed by atoms with van der Waals surface area (Å²) in [5, 5.41) is 3.75. The maximum absolute atomic E-state index is 11.8. The van der Waals surface area contributed by atoms with Crippen LogP contribution < -0.4 is 0 Å². The number of hydrogen-bond donors (Lipinski definition) is 0. The van der Waals surface area contributed by atoms with Crippen molar-refractivity contribution < 1.29 is 9.63 Å². The molecule has 0 saturated carbocycles. The smallest absolute Gasteiger partial charge is 0.313 e. The van der Waals surface area contributed by atoms with Crippen LogP contribution in [0.5, 0.6) is 0 Å². The maximum Gasteiger partial charge on any atom is 0.365 e. The van der Waals surface area contributed by atoms with Gasteiger partial charge in [-0.2, -0.15) is 0 Å². The lowest BCUT2D eigenvalue weighted by Crippen LogP contribution is -2.00. The number of oxime groups is 1. The molecule has 0 N–H and O–H groups in total. The quantitative estimate of drug-likeness (QED) is 0.285. The average Bonchev–Trinajstić information content (AvgIpc) is 2.69. The van der Waals surface area contributed by atoms with Crippen molar-refractivity contribution in [1.29, 1.82) is 0 Å². The Hall–Kier alpha value is -3.46. The second-order valence-corrected chi connectivity index (χ2v) is 5.39. The second kappa shape index (κ2) is 8.41. The lowest BCUT2D eigenvalue weighted by atomic mass is 10.1. The molecule has 0 heterocycles. The Kier molecular flexibility index (Phi) is 5.52. The molecule has 0 saturated heterocycles. The van der Waals surface area contributed by atoms with Crippen LogP contribution in [-0.2, 0) is 4.84 Å². The predicted molar refractivity (Wildman–Crippen MR) is 101 cm³/mol. The van der Waals surface area contributed by atoms with E-state index in [-0.39, 0.29) is 0 Å². The SMILES string of the molecule is O=C(O/N=C/c1ccc(/C=C/c2ccccc2)cc1)c1ccccc1. The second-order valence-electron chi connectivity index (χ2n) is 5.39. The molecule has 3 heteroatoms. The number of carbonyl (C=O) groups is 1. The van der Waals surface area contributed by atoms with Crippen LogP contribution >= 0.6 is 0 Å². The van der Waals surface area contributed by atoms with Crippen LogP contribution in [-0.4, -0.2) is 12.2 Å². The number of rotatable bonds is 5. The average molecular weight is 327 g/mol. The van der Waals surface area contributed by atoms with Gasteiger partial charge in [-0.3, -0.25) is 0 Å². The number of nitrogens with zero attached hydrogens (tertiary/aromatic N) is 1. The van der Waals surface area contributed by atoms with Gasteiger partial charge >= 0.3 is 5.97 Å². The fourth-order valence-electron chi connectivity index (χ4n) is 2.21. The molecule has 0 bridgehead atoms. The first kappa shape index (κ1) is 16.4. The molecule has 122 valence electrons. The van der Waals surface area contributed by atoms with E-state index in [4.69, 9.17) is 4.84 Å². The summed E-state index contributed by atoms with van der Waals surface area (Å²) in [5.74, 6) is -0.473. The molecule has 0 spiro atoms. The highest BCUT2D eigenvalue weighted by atomic mass is 16.7.